The molecular formula is C23H30N2O3. The number of ether oxygens (including phenoxy) is 2. The van der Waals surface area contributed by atoms with Crippen LogP contribution in [-0.4, -0.2) is 44.2 Å². The van der Waals surface area contributed by atoms with Crippen LogP contribution in [0.1, 0.15) is 29.5 Å². The Morgan fingerprint density at radius 1 is 1.07 bits per heavy atom. The summed E-state index contributed by atoms with van der Waals surface area (Å²) in [6, 6.07) is 14.3. The maximum absolute atomic E-state index is 12.5. The highest BCUT2D eigenvalue weighted by Crippen LogP contribution is 2.24. The van der Waals surface area contributed by atoms with Gasteiger partial charge >= 0.3 is 0 Å². The topological polar surface area (TPSA) is 50.8 Å². The first-order valence-corrected chi connectivity index (χ1v) is 9.86. The Bertz CT molecular complexity index is 798. The van der Waals surface area contributed by atoms with Crippen molar-refractivity contribution < 1.29 is 14.3 Å². The van der Waals surface area contributed by atoms with Gasteiger partial charge in [0.05, 0.1) is 20.6 Å². The van der Waals surface area contributed by atoms with Crippen LogP contribution < -0.4 is 14.8 Å². The third kappa shape index (κ3) is 5.26. The van der Waals surface area contributed by atoms with Gasteiger partial charge in [-0.2, -0.15) is 0 Å². The largest absolute Gasteiger partial charge is 0.497 e. The van der Waals surface area contributed by atoms with E-state index in [4.69, 9.17) is 9.47 Å². The van der Waals surface area contributed by atoms with Crippen molar-refractivity contribution in [2.24, 2.45) is 0 Å². The van der Waals surface area contributed by atoms with Gasteiger partial charge in [0.2, 0.25) is 5.91 Å². The molecule has 0 aromatic heterocycles. The second-order valence-electron chi connectivity index (χ2n) is 7.40. The van der Waals surface area contributed by atoms with E-state index < -0.39 is 0 Å². The van der Waals surface area contributed by atoms with Crippen LogP contribution in [-0.2, 0) is 17.8 Å². The third-order valence-corrected chi connectivity index (χ3v) is 5.45. The highest BCUT2D eigenvalue weighted by atomic mass is 16.5. The molecule has 28 heavy (non-hydrogen) atoms. The molecule has 1 N–H and O–H groups in total. The van der Waals surface area contributed by atoms with Gasteiger partial charge < -0.3 is 14.8 Å². The van der Waals surface area contributed by atoms with Crippen molar-refractivity contribution >= 4 is 5.91 Å². The van der Waals surface area contributed by atoms with Gasteiger partial charge in [-0.3, -0.25) is 9.69 Å². The fourth-order valence-corrected chi connectivity index (χ4v) is 3.74. The molecule has 0 saturated carbocycles. The number of benzene rings is 2. The summed E-state index contributed by atoms with van der Waals surface area (Å²) in [6.45, 7) is 5.15. The summed E-state index contributed by atoms with van der Waals surface area (Å²) >= 11 is 0. The van der Waals surface area contributed by atoms with E-state index in [1.54, 1.807) is 14.2 Å². The van der Waals surface area contributed by atoms with Crippen LogP contribution in [0.3, 0.4) is 0 Å². The zero-order chi connectivity index (χ0) is 19.9. The van der Waals surface area contributed by atoms with E-state index in [-0.39, 0.29) is 11.9 Å². The minimum Gasteiger partial charge on any atom is -0.497 e. The van der Waals surface area contributed by atoms with Crippen molar-refractivity contribution in [1.29, 1.82) is 0 Å². The predicted octanol–water partition coefficient (Wildman–Crippen LogP) is 3.34. The smallest absolute Gasteiger partial charge is 0.224 e. The summed E-state index contributed by atoms with van der Waals surface area (Å²) in [6.07, 6.45) is 2.25. The van der Waals surface area contributed by atoms with E-state index in [9.17, 15) is 4.79 Å². The lowest BCUT2D eigenvalue weighted by Crippen LogP contribution is -2.44. The second kappa shape index (κ2) is 9.60. The summed E-state index contributed by atoms with van der Waals surface area (Å²) in [4.78, 5) is 15.0. The van der Waals surface area contributed by atoms with Crippen molar-refractivity contribution in [3.8, 4) is 11.5 Å². The molecule has 5 heteroatoms. The normalized spacial score (nSPS) is 15.2. The minimum absolute atomic E-state index is 0.0314. The molecular weight excluding hydrogens is 352 g/mol. The molecule has 3 rings (SSSR count). The summed E-state index contributed by atoms with van der Waals surface area (Å²) in [7, 11) is 3.24. The number of hydrogen-bond donors (Lipinski definition) is 1. The number of carbonyl (C=O) groups is 1. The Hall–Kier alpha value is -2.53. The average Bonchev–Trinajstić information content (AvgIpc) is 2.71. The number of methoxy groups -OCH3 is 2. The first-order valence-electron chi connectivity index (χ1n) is 9.86. The van der Waals surface area contributed by atoms with Gasteiger partial charge in [0, 0.05) is 31.2 Å². The number of nitrogens with zero attached hydrogens (tertiary/aromatic N) is 1. The summed E-state index contributed by atoms with van der Waals surface area (Å²) in [5.74, 6) is 1.47. The van der Waals surface area contributed by atoms with Gasteiger partial charge in [-0.05, 0) is 49.1 Å². The predicted molar refractivity (Wildman–Crippen MR) is 111 cm³/mol. The van der Waals surface area contributed by atoms with Crippen LogP contribution in [0.2, 0.25) is 0 Å². The van der Waals surface area contributed by atoms with Crippen molar-refractivity contribution in [2.45, 2.75) is 38.8 Å². The third-order valence-electron chi connectivity index (χ3n) is 5.45. The molecule has 0 bridgehead atoms. The molecule has 150 valence electrons. The molecule has 0 aliphatic carbocycles. The minimum atomic E-state index is 0.0314. The van der Waals surface area contributed by atoms with E-state index in [2.05, 4.69) is 41.4 Å². The Morgan fingerprint density at radius 3 is 2.50 bits per heavy atom. The van der Waals surface area contributed by atoms with Crippen LogP contribution in [0, 0.1) is 6.92 Å². The van der Waals surface area contributed by atoms with Crippen molar-refractivity contribution in [1.82, 2.24) is 10.2 Å². The van der Waals surface area contributed by atoms with Crippen LogP contribution in [0.5, 0.6) is 11.5 Å². The molecule has 2 aromatic rings. The number of aryl methyl sites for hydroxylation is 1. The highest BCUT2D eigenvalue weighted by Gasteiger charge is 2.21. The maximum Gasteiger partial charge on any atom is 0.224 e. The van der Waals surface area contributed by atoms with Gasteiger partial charge in [0.25, 0.3) is 0 Å². The van der Waals surface area contributed by atoms with Crippen molar-refractivity contribution in [3.63, 3.8) is 0 Å². The summed E-state index contributed by atoms with van der Waals surface area (Å²) in [5, 5.41) is 3.19. The Morgan fingerprint density at radius 2 is 1.82 bits per heavy atom. The van der Waals surface area contributed by atoms with Gasteiger partial charge in [0.15, 0.2) is 0 Å². The molecule has 1 heterocycles. The molecule has 1 aliphatic rings. The van der Waals surface area contributed by atoms with Crippen molar-refractivity contribution in [3.05, 3.63) is 59.2 Å². The first kappa shape index (κ1) is 20.2. The van der Waals surface area contributed by atoms with Crippen LogP contribution >= 0.6 is 0 Å². The molecule has 0 spiro atoms. The fraction of sp³-hybridized carbons (Fsp3) is 0.435. The lowest BCUT2D eigenvalue weighted by atomic mass is 10.0. The second-order valence-corrected chi connectivity index (χ2v) is 7.40. The molecule has 1 aliphatic heterocycles. The number of carbonyl (C=O) groups excluding carboxylic acids is 1. The van der Waals surface area contributed by atoms with Gasteiger partial charge in [0.1, 0.15) is 11.5 Å². The SMILES string of the molecule is COc1ccc(OC)c(CC(=O)NC2CCN(Cc3ccccc3C)CC2)c1. The maximum atomic E-state index is 12.5. The zero-order valence-electron chi connectivity index (χ0n) is 17.0. The van der Waals surface area contributed by atoms with Crippen LogP contribution in [0.15, 0.2) is 42.5 Å². The highest BCUT2D eigenvalue weighted by molar-refractivity contribution is 5.79. The number of amides is 1. The number of hydrogen-bond acceptors (Lipinski definition) is 4. The Labute approximate surface area is 167 Å². The molecule has 0 radical (unpaired) electrons. The number of nitrogens with one attached hydrogen (secondary N) is 1. The number of rotatable bonds is 7. The van der Waals surface area contributed by atoms with Crippen LogP contribution in [0.4, 0.5) is 0 Å². The fourth-order valence-electron chi connectivity index (χ4n) is 3.74. The van der Waals surface area contributed by atoms with Gasteiger partial charge in [-0.25, -0.2) is 0 Å². The van der Waals surface area contributed by atoms with E-state index in [1.165, 1.54) is 11.1 Å². The van der Waals surface area contributed by atoms with E-state index >= 15 is 0 Å². The lowest BCUT2D eigenvalue weighted by Gasteiger charge is -2.32. The van der Waals surface area contributed by atoms with E-state index in [1.807, 2.05) is 18.2 Å². The summed E-state index contributed by atoms with van der Waals surface area (Å²) in [5.41, 5.74) is 3.57. The van der Waals surface area contributed by atoms with E-state index in [0.29, 0.717) is 12.2 Å². The van der Waals surface area contributed by atoms with E-state index in [0.717, 1.165) is 43.8 Å². The zero-order valence-corrected chi connectivity index (χ0v) is 17.0. The Kier molecular flexibility index (Phi) is 6.93. The molecule has 5 nitrogen and oxygen atoms in total. The molecule has 0 unspecified atom stereocenters. The quantitative estimate of drug-likeness (QED) is 0.798. The molecule has 0 atom stereocenters. The number of likely N-dealkylation sites (tertiary alicyclic amines) is 1. The Balaban J connectivity index is 1.49. The molecule has 2 aromatic carbocycles. The number of piperidine rings is 1. The molecule has 1 amide bonds. The summed E-state index contributed by atoms with van der Waals surface area (Å²) < 4.78 is 10.6. The first-order chi connectivity index (χ1) is 13.6. The lowest BCUT2D eigenvalue weighted by molar-refractivity contribution is -0.121. The molecule has 1 saturated heterocycles. The average molecular weight is 383 g/mol. The van der Waals surface area contributed by atoms with Gasteiger partial charge in [-0.1, -0.05) is 24.3 Å². The van der Waals surface area contributed by atoms with Gasteiger partial charge in [-0.15, -0.1) is 0 Å². The van der Waals surface area contributed by atoms with Crippen molar-refractivity contribution in [2.75, 3.05) is 27.3 Å². The molecule has 1 fully saturated rings. The standard InChI is InChI=1S/C23H30N2O3/c1-17-6-4-5-7-18(17)16-25-12-10-20(11-13-25)24-23(26)15-19-14-21(27-2)8-9-22(19)28-3/h4-9,14,20H,10-13,15-16H2,1-3H3,(H,24,26). The van der Waals surface area contributed by atoms with Crippen LogP contribution in [0.25, 0.3) is 0 Å². The monoisotopic (exact) mass is 382 g/mol.